The van der Waals surface area contributed by atoms with E-state index in [1.54, 1.807) is 0 Å². The zero-order chi connectivity index (χ0) is 12.5. The van der Waals surface area contributed by atoms with Gasteiger partial charge in [-0.1, -0.05) is 12.8 Å². The molecule has 0 saturated heterocycles. The molecule has 0 unspecified atom stereocenters. The molecule has 0 aromatic heterocycles. The number of anilines is 2. The average Bonchev–Trinajstić information content (AvgIpc) is 2.99. The minimum absolute atomic E-state index is 0.207. The van der Waals surface area contributed by atoms with Crippen LogP contribution in [-0.2, 0) is 11.2 Å². The summed E-state index contributed by atoms with van der Waals surface area (Å²) in [6.45, 7) is 1.08. The van der Waals surface area contributed by atoms with Gasteiger partial charge in [0.1, 0.15) is 0 Å². The van der Waals surface area contributed by atoms with E-state index in [0.717, 1.165) is 31.5 Å². The lowest BCUT2D eigenvalue weighted by Gasteiger charge is -2.14. The molecule has 0 bridgehead atoms. The molecule has 3 nitrogen and oxygen atoms in total. The van der Waals surface area contributed by atoms with Crippen LogP contribution in [0, 0.1) is 5.92 Å². The predicted octanol–water partition coefficient (Wildman–Crippen LogP) is 2.81. The van der Waals surface area contributed by atoms with E-state index in [9.17, 15) is 4.79 Å². The smallest absolute Gasteiger partial charge is 0.227 e. The zero-order valence-electron chi connectivity index (χ0n) is 10.9. The average molecular weight is 244 g/mol. The van der Waals surface area contributed by atoms with Crippen LogP contribution in [0.2, 0.25) is 0 Å². The Balaban J connectivity index is 1.72. The van der Waals surface area contributed by atoms with Crippen LogP contribution in [0.15, 0.2) is 18.2 Å². The Hall–Kier alpha value is -1.51. The van der Waals surface area contributed by atoms with Crippen LogP contribution >= 0.6 is 0 Å². The van der Waals surface area contributed by atoms with Crippen LogP contribution in [-0.4, -0.2) is 19.5 Å². The summed E-state index contributed by atoms with van der Waals surface area (Å²) in [6.07, 6.45) is 5.60. The number of rotatable bonds is 2. The number of fused-ring (bicyclic) bond motifs is 1. The maximum Gasteiger partial charge on any atom is 0.227 e. The second-order valence-electron chi connectivity index (χ2n) is 5.49. The molecule has 18 heavy (non-hydrogen) atoms. The molecule has 0 radical (unpaired) electrons. The fraction of sp³-hybridized carbons (Fsp3) is 0.533. The molecule has 0 atom stereocenters. The number of carbonyl (C=O) groups excluding carboxylic acids is 1. The minimum atomic E-state index is 0.207. The normalized spacial score (nSPS) is 19.1. The number of amides is 1. The standard InChI is InChI=1S/C15H20N2O/c1-17-9-8-12-10-13(6-7-14(12)17)16-15(18)11-4-2-3-5-11/h6-7,10-11H,2-5,8-9H2,1H3,(H,16,18). The van der Waals surface area contributed by atoms with Crippen molar-refractivity contribution in [2.45, 2.75) is 32.1 Å². The van der Waals surface area contributed by atoms with Gasteiger partial charge in [-0.05, 0) is 43.0 Å². The van der Waals surface area contributed by atoms with E-state index in [2.05, 4.69) is 29.4 Å². The van der Waals surface area contributed by atoms with Crippen LogP contribution in [0.5, 0.6) is 0 Å². The van der Waals surface area contributed by atoms with Crippen molar-refractivity contribution in [3.8, 4) is 0 Å². The van der Waals surface area contributed by atoms with Crippen LogP contribution in [0.1, 0.15) is 31.2 Å². The largest absolute Gasteiger partial charge is 0.374 e. The molecule has 0 spiro atoms. The highest BCUT2D eigenvalue weighted by molar-refractivity contribution is 5.93. The molecule has 2 aliphatic rings. The fourth-order valence-electron chi connectivity index (χ4n) is 3.08. The molecule has 1 aliphatic carbocycles. The van der Waals surface area contributed by atoms with Crippen molar-refractivity contribution in [1.29, 1.82) is 0 Å². The van der Waals surface area contributed by atoms with Crippen molar-refractivity contribution < 1.29 is 4.79 Å². The topological polar surface area (TPSA) is 32.3 Å². The molecular formula is C15H20N2O. The van der Waals surface area contributed by atoms with Gasteiger partial charge < -0.3 is 10.2 Å². The Morgan fingerprint density at radius 1 is 1.33 bits per heavy atom. The molecule has 96 valence electrons. The van der Waals surface area contributed by atoms with Crippen LogP contribution in [0.4, 0.5) is 11.4 Å². The molecule has 1 N–H and O–H groups in total. The first-order valence-corrected chi connectivity index (χ1v) is 6.89. The highest BCUT2D eigenvalue weighted by Gasteiger charge is 2.23. The van der Waals surface area contributed by atoms with Crippen molar-refractivity contribution in [3.05, 3.63) is 23.8 Å². The Morgan fingerprint density at radius 2 is 2.11 bits per heavy atom. The van der Waals surface area contributed by atoms with Gasteiger partial charge in [0.2, 0.25) is 5.91 Å². The van der Waals surface area contributed by atoms with Gasteiger partial charge in [-0.2, -0.15) is 0 Å². The Labute approximate surface area is 108 Å². The molecule has 1 fully saturated rings. The monoisotopic (exact) mass is 244 g/mol. The Kier molecular flexibility index (Phi) is 2.98. The molecule has 1 heterocycles. The lowest BCUT2D eigenvalue weighted by Crippen LogP contribution is -2.20. The van der Waals surface area contributed by atoms with E-state index in [0.29, 0.717) is 0 Å². The lowest BCUT2D eigenvalue weighted by molar-refractivity contribution is -0.119. The third-order valence-electron chi connectivity index (χ3n) is 4.20. The van der Waals surface area contributed by atoms with Crippen molar-refractivity contribution in [3.63, 3.8) is 0 Å². The van der Waals surface area contributed by atoms with Crippen molar-refractivity contribution in [2.75, 3.05) is 23.8 Å². The second kappa shape index (κ2) is 4.63. The maximum atomic E-state index is 12.1. The van der Waals surface area contributed by atoms with Gasteiger partial charge in [-0.3, -0.25) is 4.79 Å². The summed E-state index contributed by atoms with van der Waals surface area (Å²) in [7, 11) is 2.11. The Morgan fingerprint density at radius 3 is 2.89 bits per heavy atom. The van der Waals surface area contributed by atoms with E-state index < -0.39 is 0 Å². The summed E-state index contributed by atoms with van der Waals surface area (Å²) in [5.41, 5.74) is 3.61. The van der Waals surface area contributed by atoms with Crippen molar-refractivity contribution in [2.24, 2.45) is 5.92 Å². The molecule has 3 rings (SSSR count). The van der Waals surface area contributed by atoms with Gasteiger partial charge in [0, 0.05) is 30.9 Å². The first-order valence-electron chi connectivity index (χ1n) is 6.89. The summed E-state index contributed by atoms with van der Waals surface area (Å²) in [5, 5.41) is 3.07. The van der Waals surface area contributed by atoms with Crippen LogP contribution in [0.3, 0.4) is 0 Å². The lowest BCUT2D eigenvalue weighted by atomic mass is 10.1. The van der Waals surface area contributed by atoms with Gasteiger partial charge in [0.25, 0.3) is 0 Å². The first kappa shape index (κ1) is 11.6. The summed E-state index contributed by atoms with van der Waals surface area (Å²) in [5.74, 6) is 0.444. The third kappa shape index (κ3) is 2.09. The molecule has 1 aliphatic heterocycles. The highest BCUT2D eigenvalue weighted by Crippen LogP contribution is 2.30. The SMILES string of the molecule is CN1CCc2cc(NC(=O)C3CCCC3)ccc21. The van der Waals surface area contributed by atoms with E-state index in [1.807, 2.05) is 6.07 Å². The van der Waals surface area contributed by atoms with Gasteiger partial charge in [0.15, 0.2) is 0 Å². The highest BCUT2D eigenvalue weighted by atomic mass is 16.1. The molecular weight excluding hydrogens is 224 g/mol. The van der Waals surface area contributed by atoms with Crippen molar-refractivity contribution >= 4 is 17.3 Å². The quantitative estimate of drug-likeness (QED) is 0.867. The van der Waals surface area contributed by atoms with E-state index in [1.165, 1.54) is 24.1 Å². The van der Waals surface area contributed by atoms with E-state index in [-0.39, 0.29) is 11.8 Å². The summed E-state index contributed by atoms with van der Waals surface area (Å²) in [4.78, 5) is 14.3. The number of likely N-dealkylation sites (N-methyl/N-ethyl adjacent to an activating group) is 1. The van der Waals surface area contributed by atoms with Crippen molar-refractivity contribution in [1.82, 2.24) is 0 Å². The first-order chi connectivity index (χ1) is 8.74. The van der Waals surface area contributed by atoms with Gasteiger partial charge in [0.05, 0.1) is 0 Å². The molecule has 1 aromatic carbocycles. The number of nitrogens with one attached hydrogen (secondary N) is 1. The predicted molar refractivity (Wildman–Crippen MR) is 74.0 cm³/mol. The number of hydrogen-bond acceptors (Lipinski definition) is 2. The summed E-state index contributed by atoms with van der Waals surface area (Å²) < 4.78 is 0. The van der Waals surface area contributed by atoms with Gasteiger partial charge in [-0.25, -0.2) is 0 Å². The maximum absolute atomic E-state index is 12.1. The van der Waals surface area contributed by atoms with E-state index >= 15 is 0 Å². The number of hydrogen-bond donors (Lipinski definition) is 1. The number of nitrogens with zero attached hydrogens (tertiary/aromatic N) is 1. The summed E-state index contributed by atoms with van der Waals surface area (Å²) >= 11 is 0. The molecule has 1 saturated carbocycles. The molecule has 1 aromatic rings. The molecule has 3 heteroatoms. The summed E-state index contributed by atoms with van der Waals surface area (Å²) in [6, 6.07) is 6.27. The van der Waals surface area contributed by atoms with E-state index in [4.69, 9.17) is 0 Å². The van der Waals surface area contributed by atoms with Crippen LogP contribution in [0.25, 0.3) is 0 Å². The minimum Gasteiger partial charge on any atom is -0.374 e. The third-order valence-corrected chi connectivity index (χ3v) is 4.20. The molecule has 1 amide bonds. The fourth-order valence-corrected chi connectivity index (χ4v) is 3.08. The second-order valence-corrected chi connectivity index (χ2v) is 5.49. The Bertz CT molecular complexity index is 464. The van der Waals surface area contributed by atoms with Gasteiger partial charge in [-0.15, -0.1) is 0 Å². The van der Waals surface area contributed by atoms with Gasteiger partial charge >= 0.3 is 0 Å². The van der Waals surface area contributed by atoms with Crippen LogP contribution < -0.4 is 10.2 Å². The zero-order valence-corrected chi connectivity index (χ0v) is 10.9. The number of carbonyl (C=O) groups is 1. The number of benzene rings is 1.